The Kier molecular flexibility index (Phi) is 3.15. The van der Waals surface area contributed by atoms with Gasteiger partial charge in [-0.2, -0.15) is 0 Å². The molecule has 19 heavy (non-hydrogen) atoms. The summed E-state index contributed by atoms with van der Waals surface area (Å²) in [5.74, 6) is 0.768. The Bertz CT molecular complexity index is 600. The van der Waals surface area contributed by atoms with Crippen LogP contribution >= 0.6 is 0 Å². The SMILES string of the molecule is O=C1C=C(c2ccccc2)OC(c2ccccc2)C1. The van der Waals surface area contributed by atoms with Crippen molar-refractivity contribution >= 4 is 11.5 Å². The molecule has 0 radical (unpaired) electrons. The van der Waals surface area contributed by atoms with Crippen molar-refractivity contribution in [2.24, 2.45) is 0 Å². The smallest absolute Gasteiger partial charge is 0.163 e. The van der Waals surface area contributed by atoms with Crippen LogP contribution in [0.2, 0.25) is 0 Å². The lowest BCUT2D eigenvalue weighted by Gasteiger charge is -2.24. The highest BCUT2D eigenvalue weighted by Gasteiger charge is 2.23. The Labute approximate surface area is 112 Å². The van der Waals surface area contributed by atoms with Crippen molar-refractivity contribution in [2.75, 3.05) is 0 Å². The molecular formula is C17H14O2. The Hall–Kier alpha value is -2.35. The fraction of sp³-hybridized carbons (Fsp3) is 0.118. The fourth-order valence-corrected chi connectivity index (χ4v) is 2.22. The van der Waals surface area contributed by atoms with Crippen LogP contribution in [0.1, 0.15) is 23.7 Å². The predicted octanol–water partition coefficient (Wildman–Crippen LogP) is 3.76. The van der Waals surface area contributed by atoms with Crippen LogP contribution in [0, 0.1) is 0 Å². The zero-order chi connectivity index (χ0) is 13.1. The van der Waals surface area contributed by atoms with Gasteiger partial charge in [0.25, 0.3) is 0 Å². The molecule has 1 heterocycles. The number of carbonyl (C=O) groups excluding carboxylic acids is 1. The van der Waals surface area contributed by atoms with Crippen molar-refractivity contribution in [1.82, 2.24) is 0 Å². The maximum atomic E-state index is 11.9. The third-order valence-corrected chi connectivity index (χ3v) is 3.18. The highest BCUT2D eigenvalue weighted by atomic mass is 16.5. The molecule has 1 atom stereocenters. The number of hydrogen-bond donors (Lipinski definition) is 0. The monoisotopic (exact) mass is 250 g/mol. The summed E-state index contributed by atoms with van der Waals surface area (Å²) in [6, 6.07) is 19.6. The van der Waals surface area contributed by atoms with Crippen molar-refractivity contribution < 1.29 is 9.53 Å². The van der Waals surface area contributed by atoms with Gasteiger partial charge in [-0.05, 0) is 5.56 Å². The maximum Gasteiger partial charge on any atom is 0.163 e. The number of ketones is 1. The zero-order valence-electron chi connectivity index (χ0n) is 10.5. The van der Waals surface area contributed by atoms with Gasteiger partial charge in [0.05, 0.1) is 6.42 Å². The highest BCUT2D eigenvalue weighted by molar-refractivity contribution is 5.97. The number of benzene rings is 2. The second kappa shape index (κ2) is 5.11. The number of hydrogen-bond acceptors (Lipinski definition) is 2. The Morgan fingerprint density at radius 2 is 1.53 bits per heavy atom. The van der Waals surface area contributed by atoms with Crippen LogP contribution in [0.5, 0.6) is 0 Å². The minimum atomic E-state index is -0.186. The van der Waals surface area contributed by atoms with Gasteiger partial charge >= 0.3 is 0 Å². The van der Waals surface area contributed by atoms with E-state index in [4.69, 9.17) is 4.74 Å². The van der Waals surface area contributed by atoms with Crippen molar-refractivity contribution in [1.29, 1.82) is 0 Å². The lowest BCUT2D eigenvalue weighted by molar-refractivity contribution is -0.117. The highest BCUT2D eigenvalue weighted by Crippen LogP contribution is 2.32. The molecule has 0 spiro atoms. The first-order chi connectivity index (χ1) is 9.33. The van der Waals surface area contributed by atoms with E-state index < -0.39 is 0 Å². The first-order valence-corrected chi connectivity index (χ1v) is 6.34. The van der Waals surface area contributed by atoms with Crippen LogP contribution < -0.4 is 0 Å². The van der Waals surface area contributed by atoms with Crippen LogP contribution in [0.4, 0.5) is 0 Å². The van der Waals surface area contributed by atoms with Gasteiger partial charge in [0.15, 0.2) is 5.78 Å². The third kappa shape index (κ3) is 2.58. The van der Waals surface area contributed by atoms with Crippen LogP contribution in [0.15, 0.2) is 66.7 Å². The molecule has 0 saturated carbocycles. The molecule has 2 aromatic carbocycles. The van der Waals surface area contributed by atoms with Gasteiger partial charge in [0, 0.05) is 11.6 Å². The largest absolute Gasteiger partial charge is 0.485 e. The molecule has 0 amide bonds. The number of ether oxygens (including phenoxy) is 1. The molecule has 2 aromatic rings. The fourth-order valence-electron chi connectivity index (χ4n) is 2.22. The van der Waals surface area contributed by atoms with Crippen molar-refractivity contribution in [3.8, 4) is 0 Å². The molecule has 1 unspecified atom stereocenters. The minimum Gasteiger partial charge on any atom is -0.485 e. The van der Waals surface area contributed by atoms with Crippen LogP contribution in [0.25, 0.3) is 5.76 Å². The molecule has 1 aliphatic rings. The van der Waals surface area contributed by atoms with Gasteiger partial charge < -0.3 is 4.74 Å². The van der Waals surface area contributed by atoms with Gasteiger partial charge in [-0.1, -0.05) is 60.7 Å². The molecule has 0 bridgehead atoms. The van der Waals surface area contributed by atoms with Gasteiger partial charge in [0.1, 0.15) is 11.9 Å². The summed E-state index contributed by atoms with van der Waals surface area (Å²) >= 11 is 0. The Balaban J connectivity index is 1.90. The first kappa shape index (κ1) is 11.7. The minimum absolute atomic E-state index is 0.110. The molecule has 0 saturated heterocycles. The summed E-state index contributed by atoms with van der Waals surface area (Å²) < 4.78 is 5.97. The summed E-state index contributed by atoms with van der Waals surface area (Å²) in [5.41, 5.74) is 1.98. The molecule has 0 aliphatic carbocycles. The molecule has 94 valence electrons. The second-order valence-corrected chi connectivity index (χ2v) is 4.56. The van der Waals surface area contributed by atoms with Gasteiger partial charge in [-0.25, -0.2) is 0 Å². The van der Waals surface area contributed by atoms with E-state index in [-0.39, 0.29) is 11.9 Å². The average Bonchev–Trinajstić information content (AvgIpc) is 2.48. The first-order valence-electron chi connectivity index (χ1n) is 6.34. The normalized spacial score (nSPS) is 18.6. The molecule has 0 aromatic heterocycles. The Morgan fingerprint density at radius 1 is 0.895 bits per heavy atom. The molecule has 0 fully saturated rings. The summed E-state index contributed by atoms with van der Waals surface area (Å²) in [6.45, 7) is 0. The molecule has 0 N–H and O–H groups in total. The quantitative estimate of drug-likeness (QED) is 0.811. The van der Waals surface area contributed by atoms with E-state index in [9.17, 15) is 4.79 Å². The van der Waals surface area contributed by atoms with E-state index in [1.165, 1.54) is 0 Å². The van der Waals surface area contributed by atoms with Crippen LogP contribution in [-0.4, -0.2) is 5.78 Å². The van der Waals surface area contributed by atoms with E-state index in [2.05, 4.69) is 0 Å². The average molecular weight is 250 g/mol. The van der Waals surface area contributed by atoms with E-state index in [0.29, 0.717) is 12.2 Å². The van der Waals surface area contributed by atoms with E-state index in [0.717, 1.165) is 11.1 Å². The maximum absolute atomic E-state index is 11.9. The van der Waals surface area contributed by atoms with Gasteiger partial charge in [-0.3, -0.25) is 4.79 Å². The molecule has 1 aliphatic heterocycles. The van der Waals surface area contributed by atoms with Crippen molar-refractivity contribution in [3.63, 3.8) is 0 Å². The van der Waals surface area contributed by atoms with E-state index >= 15 is 0 Å². The summed E-state index contributed by atoms with van der Waals surface area (Å²) in [4.78, 5) is 11.9. The van der Waals surface area contributed by atoms with Crippen LogP contribution in [0.3, 0.4) is 0 Å². The Morgan fingerprint density at radius 3 is 2.21 bits per heavy atom. The number of carbonyl (C=O) groups is 1. The topological polar surface area (TPSA) is 26.3 Å². The van der Waals surface area contributed by atoms with E-state index in [1.807, 2.05) is 60.7 Å². The number of rotatable bonds is 2. The molecule has 3 rings (SSSR count). The summed E-state index contributed by atoms with van der Waals surface area (Å²) in [6.07, 6.45) is 1.81. The lowest BCUT2D eigenvalue weighted by atomic mass is 10.00. The molecular weight excluding hydrogens is 236 g/mol. The summed E-state index contributed by atoms with van der Waals surface area (Å²) in [7, 11) is 0. The molecule has 2 nitrogen and oxygen atoms in total. The predicted molar refractivity (Wildman–Crippen MR) is 74.3 cm³/mol. The van der Waals surface area contributed by atoms with E-state index in [1.54, 1.807) is 6.08 Å². The zero-order valence-corrected chi connectivity index (χ0v) is 10.5. The third-order valence-electron chi connectivity index (χ3n) is 3.18. The lowest BCUT2D eigenvalue weighted by Crippen LogP contribution is -2.14. The number of allylic oxidation sites excluding steroid dienone is 1. The van der Waals surface area contributed by atoms with Gasteiger partial charge in [0.2, 0.25) is 0 Å². The second-order valence-electron chi connectivity index (χ2n) is 4.56. The van der Waals surface area contributed by atoms with Crippen molar-refractivity contribution in [3.05, 3.63) is 77.9 Å². The van der Waals surface area contributed by atoms with Crippen molar-refractivity contribution in [2.45, 2.75) is 12.5 Å². The standard InChI is InChI=1S/C17H14O2/c18-15-11-16(13-7-3-1-4-8-13)19-17(12-15)14-9-5-2-6-10-14/h1-11,17H,12H2. The molecule has 2 heteroatoms. The van der Waals surface area contributed by atoms with Crippen LogP contribution in [-0.2, 0) is 9.53 Å². The summed E-state index contributed by atoms with van der Waals surface area (Å²) in [5, 5.41) is 0. The van der Waals surface area contributed by atoms with Gasteiger partial charge in [-0.15, -0.1) is 0 Å².